The van der Waals surface area contributed by atoms with Crippen molar-refractivity contribution in [3.63, 3.8) is 0 Å². The standard InChI is InChI=1S/C14H18N2OS/c17-13(14-2-1-11-18-14)5-8-16-10-9-15-6-3-12(16)4-7-15/h1-2,5,8,11-12H,3-4,6-7,9-10H2. The fraction of sp³-hybridized carbons (Fsp3) is 0.500. The van der Waals surface area contributed by atoms with Crippen LogP contribution in [0.4, 0.5) is 0 Å². The number of carbonyl (C=O) groups is 1. The van der Waals surface area contributed by atoms with Gasteiger partial charge in [-0.15, -0.1) is 11.3 Å². The molecule has 0 spiro atoms. The Bertz CT molecular complexity index is 433. The average Bonchev–Trinajstić information content (AvgIpc) is 2.80. The zero-order chi connectivity index (χ0) is 12.4. The van der Waals surface area contributed by atoms with Crippen LogP contribution in [-0.4, -0.2) is 47.8 Å². The SMILES string of the molecule is O=C(C=CN1CCN2CCC1CC2)c1cccs1. The number of carbonyl (C=O) groups excluding carboxylic acids is 1. The highest BCUT2D eigenvalue weighted by Gasteiger charge is 2.26. The lowest BCUT2D eigenvalue weighted by molar-refractivity contribution is 0.104. The van der Waals surface area contributed by atoms with E-state index < -0.39 is 0 Å². The molecule has 0 N–H and O–H groups in total. The van der Waals surface area contributed by atoms with Gasteiger partial charge in [-0.05, 0) is 24.3 Å². The number of fused-ring (bicyclic) bond motifs is 4. The van der Waals surface area contributed by atoms with Crippen LogP contribution in [0.3, 0.4) is 0 Å². The lowest BCUT2D eigenvalue weighted by Gasteiger charge is -2.30. The molecule has 0 saturated carbocycles. The highest BCUT2D eigenvalue weighted by molar-refractivity contribution is 7.12. The summed E-state index contributed by atoms with van der Waals surface area (Å²) >= 11 is 1.51. The number of hydrogen-bond acceptors (Lipinski definition) is 4. The fourth-order valence-corrected chi connectivity index (χ4v) is 3.42. The van der Waals surface area contributed by atoms with E-state index >= 15 is 0 Å². The van der Waals surface area contributed by atoms with Gasteiger partial charge < -0.3 is 9.80 Å². The third-order valence-corrected chi connectivity index (χ3v) is 4.77. The van der Waals surface area contributed by atoms with E-state index in [-0.39, 0.29) is 5.78 Å². The lowest BCUT2D eigenvalue weighted by atomic mass is 10.1. The van der Waals surface area contributed by atoms with Crippen molar-refractivity contribution in [3.8, 4) is 0 Å². The number of rotatable bonds is 3. The largest absolute Gasteiger partial charge is 0.373 e. The van der Waals surface area contributed by atoms with Crippen molar-refractivity contribution in [1.29, 1.82) is 0 Å². The maximum absolute atomic E-state index is 11.9. The van der Waals surface area contributed by atoms with E-state index in [1.807, 2.05) is 23.7 Å². The topological polar surface area (TPSA) is 23.6 Å². The van der Waals surface area contributed by atoms with Gasteiger partial charge in [0.25, 0.3) is 0 Å². The molecule has 0 aromatic carbocycles. The van der Waals surface area contributed by atoms with Crippen molar-refractivity contribution in [2.75, 3.05) is 26.2 Å². The average molecular weight is 262 g/mol. The number of allylic oxidation sites excluding steroid dienone is 1. The van der Waals surface area contributed by atoms with Crippen molar-refractivity contribution < 1.29 is 4.79 Å². The molecule has 0 unspecified atom stereocenters. The minimum atomic E-state index is 0.129. The van der Waals surface area contributed by atoms with Gasteiger partial charge >= 0.3 is 0 Å². The molecule has 4 heteroatoms. The van der Waals surface area contributed by atoms with Crippen molar-refractivity contribution in [2.45, 2.75) is 18.9 Å². The third-order valence-electron chi connectivity index (χ3n) is 3.88. The maximum atomic E-state index is 11.9. The first-order valence-electron chi connectivity index (χ1n) is 6.57. The normalized spacial score (nSPS) is 27.7. The predicted octanol–water partition coefficient (Wildman–Crippen LogP) is 2.22. The van der Waals surface area contributed by atoms with Gasteiger partial charge in [-0.3, -0.25) is 4.79 Å². The van der Waals surface area contributed by atoms with E-state index in [0.717, 1.165) is 18.0 Å². The molecule has 18 heavy (non-hydrogen) atoms. The van der Waals surface area contributed by atoms with Crippen LogP contribution < -0.4 is 0 Å². The van der Waals surface area contributed by atoms with Crippen LogP contribution in [0, 0.1) is 0 Å². The van der Waals surface area contributed by atoms with E-state index in [9.17, 15) is 4.79 Å². The monoisotopic (exact) mass is 262 g/mol. The number of nitrogens with zero attached hydrogens (tertiary/aromatic N) is 2. The van der Waals surface area contributed by atoms with Gasteiger partial charge in [0.1, 0.15) is 0 Å². The van der Waals surface area contributed by atoms with Crippen LogP contribution >= 0.6 is 11.3 Å². The molecule has 0 aliphatic carbocycles. The van der Waals surface area contributed by atoms with E-state index in [0.29, 0.717) is 6.04 Å². The molecule has 1 aromatic rings. The van der Waals surface area contributed by atoms with E-state index in [1.54, 1.807) is 6.08 Å². The third kappa shape index (κ3) is 2.49. The molecule has 0 amide bonds. The number of piperidine rings is 1. The summed E-state index contributed by atoms with van der Waals surface area (Å²) in [7, 11) is 0. The molecular formula is C14H18N2OS. The minimum Gasteiger partial charge on any atom is -0.373 e. The van der Waals surface area contributed by atoms with E-state index in [1.165, 1.54) is 37.3 Å². The molecule has 3 aliphatic heterocycles. The molecule has 4 rings (SSSR count). The summed E-state index contributed by atoms with van der Waals surface area (Å²) in [6.07, 6.45) is 6.22. The first-order chi connectivity index (χ1) is 8.83. The van der Waals surface area contributed by atoms with Crippen LogP contribution in [0.5, 0.6) is 0 Å². The fourth-order valence-electron chi connectivity index (χ4n) is 2.77. The van der Waals surface area contributed by atoms with Gasteiger partial charge in [-0.2, -0.15) is 0 Å². The van der Waals surface area contributed by atoms with Gasteiger partial charge in [-0.25, -0.2) is 0 Å². The predicted molar refractivity (Wildman–Crippen MR) is 74.0 cm³/mol. The van der Waals surface area contributed by atoms with E-state index in [4.69, 9.17) is 0 Å². The zero-order valence-corrected chi connectivity index (χ0v) is 11.2. The molecule has 96 valence electrons. The highest BCUT2D eigenvalue weighted by atomic mass is 32.1. The Balaban J connectivity index is 1.66. The Hall–Kier alpha value is -1.13. The Morgan fingerprint density at radius 3 is 2.83 bits per heavy atom. The van der Waals surface area contributed by atoms with Crippen LogP contribution in [0.2, 0.25) is 0 Å². The first kappa shape index (κ1) is 11.9. The Morgan fingerprint density at radius 2 is 2.11 bits per heavy atom. The van der Waals surface area contributed by atoms with Crippen molar-refractivity contribution >= 4 is 17.1 Å². The maximum Gasteiger partial charge on any atom is 0.197 e. The van der Waals surface area contributed by atoms with Crippen molar-refractivity contribution in [1.82, 2.24) is 9.80 Å². The molecule has 3 fully saturated rings. The number of hydrogen-bond donors (Lipinski definition) is 0. The lowest BCUT2D eigenvalue weighted by Crippen LogP contribution is -2.35. The second-order valence-corrected chi connectivity index (χ2v) is 5.92. The Labute approximate surface area is 112 Å². The molecule has 1 aromatic heterocycles. The summed E-state index contributed by atoms with van der Waals surface area (Å²) in [6, 6.07) is 4.44. The molecular weight excluding hydrogens is 244 g/mol. The van der Waals surface area contributed by atoms with Crippen LogP contribution in [-0.2, 0) is 0 Å². The number of thiophene rings is 1. The first-order valence-corrected chi connectivity index (χ1v) is 7.45. The van der Waals surface area contributed by atoms with Crippen LogP contribution in [0.1, 0.15) is 22.5 Å². The summed E-state index contributed by atoms with van der Waals surface area (Å²) < 4.78 is 0. The smallest absolute Gasteiger partial charge is 0.197 e. The van der Waals surface area contributed by atoms with Crippen molar-refractivity contribution in [3.05, 3.63) is 34.7 Å². The molecule has 3 saturated heterocycles. The summed E-state index contributed by atoms with van der Waals surface area (Å²) in [5, 5.41) is 1.95. The van der Waals surface area contributed by atoms with Gasteiger partial charge in [0.2, 0.25) is 0 Å². The molecule has 0 atom stereocenters. The summed E-state index contributed by atoms with van der Waals surface area (Å²) in [4.78, 5) is 17.6. The molecule has 0 radical (unpaired) electrons. The summed E-state index contributed by atoms with van der Waals surface area (Å²) in [6.45, 7) is 4.62. The van der Waals surface area contributed by atoms with Gasteiger partial charge in [0, 0.05) is 44.5 Å². The minimum absolute atomic E-state index is 0.129. The van der Waals surface area contributed by atoms with Gasteiger partial charge in [0.15, 0.2) is 5.78 Å². The molecule has 2 bridgehead atoms. The summed E-state index contributed by atoms with van der Waals surface area (Å²) in [5.41, 5.74) is 0. The zero-order valence-electron chi connectivity index (χ0n) is 10.4. The van der Waals surface area contributed by atoms with Crippen molar-refractivity contribution in [2.24, 2.45) is 0 Å². The second kappa shape index (κ2) is 5.24. The van der Waals surface area contributed by atoms with Crippen LogP contribution in [0.15, 0.2) is 29.8 Å². The molecule has 3 aliphatic rings. The quantitative estimate of drug-likeness (QED) is 0.616. The molecule has 4 heterocycles. The molecule has 3 nitrogen and oxygen atoms in total. The number of ketones is 1. The van der Waals surface area contributed by atoms with Crippen LogP contribution in [0.25, 0.3) is 0 Å². The van der Waals surface area contributed by atoms with E-state index in [2.05, 4.69) is 9.80 Å². The highest BCUT2D eigenvalue weighted by Crippen LogP contribution is 2.21. The Morgan fingerprint density at radius 1 is 1.28 bits per heavy atom. The summed E-state index contributed by atoms with van der Waals surface area (Å²) in [5.74, 6) is 0.129. The Kier molecular flexibility index (Phi) is 3.48. The second-order valence-electron chi connectivity index (χ2n) is 4.97. The van der Waals surface area contributed by atoms with Gasteiger partial charge in [-0.1, -0.05) is 6.07 Å². The van der Waals surface area contributed by atoms with Gasteiger partial charge in [0.05, 0.1) is 4.88 Å².